The molecule has 2 rings (SSSR count). The highest BCUT2D eigenvalue weighted by Crippen LogP contribution is 2.30. The number of nitrogens with zero attached hydrogens (tertiary/aromatic N) is 2. The van der Waals surface area contributed by atoms with Crippen molar-refractivity contribution in [2.45, 2.75) is 25.9 Å². The van der Waals surface area contributed by atoms with E-state index in [4.69, 9.17) is 4.52 Å². The van der Waals surface area contributed by atoms with Crippen LogP contribution >= 0.6 is 0 Å². The number of rotatable bonds is 3. The molecule has 6 heteroatoms. The Balaban J connectivity index is 2.23. The molecule has 0 aliphatic heterocycles. The second-order valence-corrected chi connectivity index (χ2v) is 3.84. The van der Waals surface area contributed by atoms with Crippen molar-refractivity contribution in [3.63, 3.8) is 0 Å². The van der Waals surface area contributed by atoms with Gasteiger partial charge in [-0.05, 0) is 30.7 Å². The number of aryl methyl sites for hydroxylation is 1. The highest BCUT2D eigenvalue weighted by Gasteiger charge is 2.30. The first-order valence-electron chi connectivity index (χ1n) is 5.51. The van der Waals surface area contributed by atoms with E-state index in [9.17, 15) is 13.2 Å². The van der Waals surface area contributed by atoms with Gasteiger partial charge < -0.3 is 4.52 Å². The van der Waals surface area contributed by atoms with Crippen LogP contribution in [0.3, 0.4) is 0 Å². The smallest absolute Gasteiger partial charge is 0.334 e. The summed E-state index contributed by atoms with van der Waals surface area (Å²) in [4.78, 5) is 4.10. The lowest BCUT2D eigenvalue weighted by Gasteiger charge is -2.05. The average Bonchev–Trinajstić information content (AvgIpc) is 2.77. The van der Waals surface area contributed by atoms with Gasteiger partial charge in [0, 0.05) is 12.0 Å². The van der Waals surface area contributed by atoms with Crippen LogP contribution in [0.4, 0.5) is 13.2 Å². The third-order valence-electron chi connectivity index (χ3n) is 2.40. The molecule has 18 heavy (non-hydrogen) atoms. The topological polar surface area (TPSA) is 38.9 Å². The van der Waals surface area contributed by atoms with Crippen LogP contribution in [-0.2, 0) is 12.6 Å². The van der Waals surface area contributed by atoms with Crippen LogP contribution in [0.2, 0.25) is 0 Å². The molecule has 1 aromatic carbocycles. The predicted octanol–water partition coefficient (Wildman–Crippen LogP) is 3.71. The van der Waals surface area contributed by atoms with Gasteiger partial charge in [0.05, 0.1) is 5.56 Å². The van der Waals surface area contributed by atoms with E-state index in [1.54, 1.807) is 0 Å². The Kier molecular flexibility index (Phi) is 3.36. The third-order valence-corrected chi connectivity index (χ3v) is 2.40. The monoisotopic (exact) mass is 256 g/mol. The van der Waals surface area contributed by atoms with Gasteiger partial charge in [0.2, 0.25) is 0 Å². The Labute approximate surface area is 102 Å². The molecule has 0 aliphatic carbocycles. The molecule has 0 bridgehead atoms. The molecule has 0 spiro atoms. The lowest BCUT2D eigenvalue weighted by molar-refractivity contribution is -0.137. The summed E-state index contributed by atoms with van der Waals surface area (Å²) in [6.07, 6.45) is -2.77. The first-order chi connectivity index (χ1) is 8.50. The minimum absolute atomic E-state index is 0.243. The van der Waals surface area contributed by atoms with Crippen molar-refractivity contribution in [1.29, 1.82) is 0 Å². The summed E-state index contributed by atoms with van der Waals surface area (Å²) in [6, 6.07) is 4.65. The number of benzene rings is 1. The molecule has 0 saturated heterocycles. The molecular formula is C12H11F3N2O. The van der Waals surface area contributed by atoms with Crippen molar-refractivity contribution in [2.75, 3.05) is 0 Å². The number of hydrogen-bond acceptors (Lipinski definition) is 3. The molecule has 1 aromatic heterocycles. The van der Waals surface area contributed by atoms with Crippen LogP contribution in [0.1, 0.15) is 24.7 Å². The van der Waals surface area contributed by atoms with Gasteiger partial charge in [-0.1, -0.05) is 12.1 Å². The molecule has 2 aromatic rings. The van der Waals surface area contributed by atoms with Crippen molar-refractivity contribution >= 4 is 0 Å². The van der Waals surface area contributed by atoms with Gasteiger partial charge in [0.1, 0.15) is 0 Å². The maximum absolute atomic E-state index is 12.4. The zero-order chi connectivity index (χ0) is 13.2. The van der Waals surface area contributed by atoms with Crippen LogP contribution in [0.5, 0.6) is 0 Å². The van der Waals surface area contributed by atoms with E-state index in [2.05, 4.69) is 10.1 Å². The first-order valence-corrected chi connectivity index (χ1v) is 5.51. The molecule has 1 heterocycles. The zero-order valence-electron chi connectivity index (χ0n) is 9.66. The third kappa shape index (κ3) is 2.69. The minimum Gasteiger partial charge on any atom is -0.334 e. The fourth-order valence-electron chi connectivity index (χ4n) is 1.50. The van der Waals surface area contributed by atoms with Gasteiger partial charge in [-0.25, -0.2) is 0 Å². The van der Waals surface area contributed by atoms with E-state index in [1.165, 1.54) is 12.1 Å². The molecule has 0 saturated carbocycles. The Morgan fingerprint density at radius 1 is 1.17 bits per heavy atom. The fourth-order valence-corrected chi connectivity index (χ4v) is 1.50. The van der Waals surface area contributed by atoms with Crippen molar-refractivity contribution < 1.29 is 17.7 Å². The van der Waals surface area contributed by atoms with Gasteiger partial charge >= 0.3 is 6.18 Å². The van der Waals surface area contributed by atoms with E-state index in [0.717, 1.165) is 18.6 Å². The number of hydrogen-bond donors (Lipinski definition) is 0. The predicted molar refractivity (Wildman–Crippen MR) is 58.7 cm³/mol. The fraction of sp³-hybridized carbons (Fsp3) is 0.333. The molecule has 0 aliphatic rings. The van der Waals surface area contributed by atoms with E-state index in [-0.39, 0.29) is 5.89 Å². The van der Waals surface area contributed by atoms with Gasteiger partial charge in [0.25, 0.3) is 5.89 Å². The first kappa shape index (κ1) is 12.6. The summed E-state index contributed by atoms with van der Waals surface area (Å²) >= 11 is 0. The van der Waals surface area contributed by atoms with Gasteiger partial charge in [0.15, 0.2) is 5.82 Å². The molecular weight excluding hydrogens is 245 g/mol. The summed E-state index contributed by atoms with van der Waals surface area (Å²) < 4.78 is 42.1. The minimum atomic E-state index is -4.33. The molecule has 0 radical (unpaired) electrons. The highest BCUT2D eigenvalue weighted by molar-refractivity contribution is 5.53. The number of halogens is 3. The van der Waals surface area contributed by atoms with Gasteiger partial charge in [-0.2, -0.15) is 18.2 Å². The highest BCUT2D eigenvalue weighted by atomic mass is 19.4. The van der Waals surface area contributed by atoms with Crippen molar-refractivity contribution in [3.8, 4) is 11.5 Å². The quantitative estimate of drug-likeness (QED) is 0.840. The van der Waals surface area contributed by atoms with Gasteiger partial charge in [-0.3, -0.25) is 0 Å². The van der Waals surface area contributed by atoms with Gasteiger partial charge in [-0.15, -0.1) is 0 Å². The second-order valence-electron chi connectivity index (χ2n) is 3.84. The van der Waals surface area contributed by atoms with E-state index in [1.807, 2.05) is 6.92 Å². The molecule has 0 atom stereocenters. The van der Waals surface area contributed by atoms with Crippen molar-refractivity contribution in [1.82, 2.24) is 10.1 Å². The Bertz CT molecular complexity index is 517. The van der Waals surface area contributed by atoms with E-state index >= 15 is 0 Å². The average molecular weight is 256 g/mol. The summed E-state index contributed by atoms with van der Waals surface area (Å²) in [5, 5.41) is 3.75. The number of alkyl halides is 3. The van der Waals surface area contributed by atoms with Crippen LogP contribution in [0, 0.1) is 0 Å². The normalized spacial score (nSPS) is 11.8. The maximum Gasteiger partial charge on any atom is 0.416 e. The summed E-state index contributed by atoms with van der Waals surface area (Å²) in [5.74, 6) is 0.805. The van der Waals surface area contributed by atoms with Crippen LogP contribution in [-0.4, -0.2) is 10.1 Å². The van der Waals surface area contributed by atoms with E-state index < -0.39 is 11.7 Å². The molecule has 0 fully saturated rings. The maximum atomic E-state index is 12.4. The van der Waals surface area contributed by atoms with E-state index in [0.29, 0.717) is 17.8 Å². The SMILES string of the molecule is CCCc1noc(-c2ccc(C(F)(F)F)cc2)n1. The molecule has 96 valence electrons. The second kappa shape index (κ2) is 4.80. The summed E-state index contributed by atoms with van der Waals surface area (Å²) in [7, 11) is 0. The summed E-state index contributed by atoms with van der Waals surface area (Å²) in [6.45, 7) is 1.98. The molecule has 0 N–H and O–H groups in total. The lowest BCUT2D eigenvalue weighted by atomic mass is 10.1. The molecule has 0 amide bonds. The molecule has 0 unspecified atom stereocenters. The van der Waals surface area contributed by atoms with Crippen molar-refractivity contribution in [3.05, 3.63) is 35.7 Å². The van der Waals surface area contributed by atoms with Crippen LogP contribution in [0.15, 0.2) is 28.8 Å². The molecule has 3 nitrogen and oxygen atoms in total. The Hall–Kier alpha value is -1.85. The van der Waals surface area contributed by atoms with Crippen LogP contribution in [0.25, 0.3) is 11.5 Å². The Morgan fingerprint density at radius 2 is 1.83 bits per heavy atom. The summed E-state index contributed by atoms with van der Waals surface area (Å²) in [5.41, 5.74) is -0.211. The van der Waals surface area contributed by atoms with Crippen LogP contribution < -0.4 is 0 Å². The number of aromatic nitrogens is 2. The largest absolute Gasteiger partial charge is 0.416 e. The van der Waals surface area contributed by atoms with Crippen molar-refractivity contribution in [2.24, 2.45) is 0 Å². The Morgan fingerprint density at radius 3 is 2.39 bits per heavy atom. The standard InChI is InChI=1S/C12H11F3N2O/c1-2-3-10-16-11(18-17-10)8-4-6-9(7-5-8)12(13,14)15/h4-7H,2-3H2,1H3. The lowest BCUT2D eigenvalue weighted by Crippen LogP contribution is -2.03. The zero-order valence-corrected chi connectivity index (χ0v) is 9.66.